The molecule has 4 heteroatoms. The molecule has 0 spiro atoms. The van der Waals surface area contributed by atoms with Crippen molar-refractivity contribution in [3.8, 4) is 0 Å². The first-order chi connectivity index (χ1) is 8.98. The van der Waals surface area contributed by atoms with E-state index in [1.807, 2.05) is 38.2 Å². The lowest BCUT2D eigenvalue weighted by molar-refractivity contribution is 0.0306. The summed E-state index contributed by atoms with van der Waals surface area (Å²) in [5.74, 6) is 0. The Balaban J connectivity index is 1.98. The van der Waals surface area contributed by atoms with E-state index in [1.54, 1.807) is 0 Å². The van der Waals surface area contributed by atoms with E-state index in [0.29, 0.717) is 13.1 Å². The number of hydrogen-bond acceptors (Lipinski definition) is 4. The molecule has 2 rings (SSSR count). The van der Waals surface area contributed by atoms with Gasteiger partial charge in [-0.3, -0.25) is 4.98 Å². The Kier molecular flexibility index (Phi) is 4.55. The maximum Gasteiger partial charge on any atom is 0.0869 e. The highest BCUT2D eigenvalue weighted by Crippen LogP contribution is 2.27. The molecule has 1 heterocycles. The van der Waals surface area contributed by atoms with Gasteiger partial charge in [0.05, 0.1) is 11.3 Å². The van der Waals surface area contributed by atoms with Crippen LogP contribution in [0.1, 0.15) is 37.1 Å². The van der Waals surface area contributed by atoms with Crippen molar-refractivity contribution in [2.45, 2.75) is 37.8 Å². The van der Waals surface area contributed by atoms with E-state index in [-0.39, 0.29) is 6.04 Å². The third kappa shape index (κ3) is 4.00. The Morgan fingerprint density at radius 1 is 1.53 bits per heavy atom. The molecule has 0 saturated heterocycles. The maximum absolute atomic E-state index is 10.3. The topological polar surface area (TPSA) is 48.4 Å². The van der Waals surface area contributed by atoms with Gasteiger partial charge in [-0.15, -0.1) is 0 Å². The van der Waals surface area contributed by atoms with Gasteiger partial charge in [0.15, 0.2) is 0 Å². The van der Waals surface area contributed by atoms with Gasteiger partial charge in [0, 0.05) is 25.3 Å². The summed E-state index contributed by atoms with van der Waals surface area (Å²) in [5, 5.41) is 13.8. The predicted octanol–water partition coefficient (Wildman–Crippen LogP) is 1.36. The Bertz CT molecular complexity index is 418. The highest BCUT2D eigenvalue weighted by Gasteiger charge is 2.26. The first-order valence-corrected chi connectivity index (χ1v) is 7.02. The zero-order valence-electron chi connectivity index (χ0n) is 12.2. The fourth-order valence-corrected chi connectivity index (χ4v) is 2.89. The van der Waals surface area contributed by atoms with E-state index in [9.17, 15) is 5.11 Å². The number of likely N-dealkylation sites (N-methyl/N-ethyl adjacent to an activating group) is 1. The number of fused-ring (bicyclic) bond motifs is 1. The molecule has 0 amide bonds. The summed E-state index contributed by atoms with van der Waals surface area (Å²) in [6.07, 6.45) is 5.26. The minimum atomic E-state index is -0.712. The molecule has 19 heavy (non-hydrogen) atoms. The molecular formula is C15H25N3O. The lowest BCUT2D eigenvalue weighted by Gasteiger charge is -2.31. The van der Waals surface area contributed by atoms with Gasteiger partial charge in [0.2, 0.25) is 0 Å². The first kappa shape index (κ1) is 14.4. The Labute approximate surface area is 115 Å². The van der Waals surface area contributed by atoms with Crippen molar-refractivity contribution in [1.82, 2.24) is 15.2 Å². The molecule has 0 bridgehead atoms. The third-order valence-electron chi connectivity index (χ3n) is 3.58. The highest BCUT2D eigenvalue weighted by molar-refractivity contribution is 5.25. The Morgan fingerprint density at radius 3 is 3.05 bits per heavy atom. The average Bonchev–Trinajstić information content (AvgIpc) is 2.35. The van der Waals surface area contributed by atoms with Crippen LogP contribution in [0.5, 0.6) is 0 Å². The van der Waals surface area contributed by atoms with Crippen molar-refractivity contribution < 1.29 is 5.11 Å². The molecule has 4 nitrogen and oxygen atoms in total. The predicted molar refractivity (Wildman–Crippen MR) is 77.1 cm³/mol. The number of nitrogens with zero attached hydrogens (tertiary/aromatic N) is 2. The van der Waals surface area contributed by atoms with Crippen LogP contribution in [0.15, 0.2) is 18.3 Å². The average molecular weight is 263 g/mol. The fraction of sp³-hybridized carbons (Fsp3) is 0.667. The largest absolute Gasteiger partial charge is 0.388 e. The summed E-state index contributed by atoms with van der Waals surface area (Å²) in [6.45, 7) is 3.12. The first-order valence-electron chi connectivity index (χ1n) is 7.02. The van der Waals surface area contributed by atoms with E-state index in [4.69, 9.17) is 0 Å². The van der Waals surface area contributed by atoms with Crippen molar-refractivity contribution in [3.63, 3.8) is 0 Å². The summed E-state index contributed by atoms with van der Waals surface area (Å²) < 4.78 is 0. The molecule has 2 N–H and O–H groups in total. The highest BCUT2D eigenvalue weighted by atomic mass is 16.3. The number of rotatable bonds is 5. The lowest BCUT2D eigenvalue weighted by atomic mass is 9.91. The second-order valence-corrected chi connectivity index (χ2v) is 6.11. The second kappa shape index (κ2) is 5.99. The van der Waals surface area contributed by atoms with E-state index >= 15 is 0 Å². The zero-order chi connectivity index (χ0) is 13.9. The lowest BCUT2D eigenvalue weighted by Crippen LogP contribution is -2.46. The SMILES string of the molecule is CN(C)CC(C)(O)CNC1CCCc2cccnc21. The van der Waals surface area contributed by atoms with Gasteiger partial charge in [-0.1, -0.05) is 6.07 Å². The van der Waals surface area contributed by atoms with Gasteiger partial charge in [0.1, 0.15) is 0 Å². The number of aryl methyl sites for hydroxylation is 1. The summed E-state index contributed by atoms with van der Waals surface area (Å²) in [5.41, 5.74) is 1.79. The van der Waals surface area contributed by atoms with Crippen molar-refractivity contribution in [3.05, 3.63) is 29.6 Å². The van der Waals surface area contributed by atoms with Crippen molar-refractivity contribution in [2.75, 3.05) is 27.2 Å². The molecule has 2 atom stereocenters. The Morgan fingerprint density at radius 2 is 2.32 bits per heavy atom. The van der Waals surface area contributed by atoms with Gasteiger partial charge in [0.25, 0.3) is 0 Å². The molecule has 0 aliphatic heterocycles. The van der Waals surface area contributed by atoms with Crippen LogP contribution < -0.4 is 5.32 Å². The van der Waals surface area contributed by atoms with Gasteiger partial charge in [-0.25, -0.2) is 0 Å². The molecule has 0 saturated carbocycles. The maximum atomic E-state index is 10.3. The van der Waals surface area contributed by atoms with E-state index in [0.717, 1.165) is 18.5 Å². The molecule has 0 aromatic carbocycles. The van der Waals surface area contributed by atoms with Crippen molar-refractivity contribution >= 4 is 0 Å². The molecule has 1 aromatic heterocycles. The van der Waals surface area contributed by atoms with Crippen molar-refractivity contribution in [1.29, 1.82) is 0 Å². The summed E-state index contributed by atoms with van der Waals surface area (Å²) >= 11 is 0. The van der Waals surface area contributed by atoms with Crippen LogP contribution in [-0.4, -0.2) is 47.8 Å². The summed E-state index contributed by atoms with van der Waals surface area (Å²) in [4.78, 5) is 6.52. The zero-order valence-corrected chi connectivity index (χ0v) is 12.2. The molecule has 1 aliphatic rings. The second-order valence-electron chi connectivity index (χ2n) is 6.11. The number of nitrogens with one attached hydrogen (secondary N) is 1. The number of pyridine rings is 1. The van der Waals surface area contributed by atoms with Crippen LogP contribution in [0.3, 0.4) is 0 Å². The van der Waals surface area contributed by atoms with E-state index < -0.39 is 5.60 Å². The number of aromatic nitrogens is 1. The molecular weight excluding hydrogens is 238 g/mol. The quantitative estimate of drug-likeness (QED) is 0.842. The minimum absolute atomic E-state index is 0.276. The monoisotopic (exact) mass is 263 g/mol. The molecule has 106 valence electrons. The van der Waals surface area contributed by atoms with Crippen molar-refractivity contribution in [2.24, 2.45) is 0 Å². The molecule has 0 radical (unpaired) electrons. The van der Waals surface area contributed by atoms with Gasteiger partial charge in [-0.05, 0) is 51.9 Å². The molecule has 2 unspecified atom stereocenters. The number of aliphatic hydroxyl groups is 1. The summed E-state index contributed by atoms with van der Waals surface area (Å²) in [7, 11) is 3.96. The molecule has 1 aliphatic carbocycles. The van der Waals surface area contributed by atoms with Crippen LogP contribution >= 0.6 is 0 Å². The van der Waals surface area contributed by atoms with Crippen LogP contribution in [-0.2, 0) is 6.42 Å². The third-order valence-corrected chi connectivity index (χ3v) is 3.58. The minimum Gasteiger partial charge on any atom is -0.388 e. The van der Waals surface area contributed by atoms with E-state index in [1.165, 1.54) is 12.0 Å². The van der Waals surface area contributed by atoms with E-state index in [2.05, 4.69) is 16.4 Å². The van der Waals surface area contributed by atoms with Crippen LogP contribution in [0.25, 0.3) is 0 Å². The normalized spacial score (nSPS) is 22.1. The smallest absolute Gasteiger partial charge is 0.0869 e. The van der Waals surface area contributed by atoms with Gasteiger partial charge >= 0.3 is 0 Å². The standard InChI is InChI=1S/C15H25N3O/c1-15(19,11-18(2)3)10-17-13-8-4-6-12-7-5-9-16-14(12)13/h5,7,9,13,17,19H,4,6,8,10-11H2,1-3H3. The Hall–Kier alpha value is -0.970. The molecule has 0 fully saturated rings. The van der Waals surface area contributed by atoms with Gasteiger partial charge < -0.3 is 15.3 Å². The van der Waals surface area contributed by atoms with Crippen LogP contribution in [0.2, 0.25) is 0 Å². The van der Waals surface area contributed by atoms with Crippen LogP contribution in [0, 0.1) is 0 Å². The summed E-state index contributed by atoms with van der Waals surface area (Å²) in [6, 6.07) is 4.44. The molecule has 1 aromatic rings. The van der Waals surface area contributed by atoms with Gasteiger partial charge in [-0.2, -0.15) is 0 Å². The van der Waals surface area contributed by atoms with Crippen LogP contribution in [0.4, 0.5) is 0 Å². The number of hydrogen-bond donors (Lipinski definition) is 2. The fourth-order valence-electron chi connectivity index (χ4n) is 2.89.